The van der Waals surface area contributed by atoms with E-state index < -0.39 is 0 Å². The van der Waals surface area contributed by atoms with Crippen molar-refractivity contribution in [3.63, 3.8) is 0 Å². The first-order valence-electron chi connectivity index (χ1n) is 8.62. The molecule has 1 aromatic rings. The molecule has 0 aromatic heterocycles. The van der Waals surface area contributed by atoms with Gasteiger partial charge in [-0.1, -0.05) is 18.6 Å². The molecule has 0 N–H and O–H groups in total. The van der Waals surface area contributed by atoms with E-state index in [1.165, 1.54) is 11.1 Å². The quantitative estimate of drug-likeness (QED) is 0.799. The predicted molar refractivity (Wildman–Crippen MR) is 87.9 cm³/mol. The van der Waals surface area contributed by atoms with Crippen molar-refractivity contribution in [2.75, 3.05) is 7.11 Å². The molecule has 3 aliphatic rings. The lowest BCUT2D eigenvalue weighted by molar-refractivity contribution is -0.127. The maximum absolute atomic E-state index is 12.5. The average molecular weight is 296 g/mol. The first-order chi connectivity index (χ1) is 10.7. The van der Waals surface area contributed by atoms with Crippen molar-refractivity contribution >= 4 is 11.4 Å². The van der Waals surface area contributed by atoms with Crippen LogP contribution in [0.1, 0.15) is 56.6 Å². The van der Waals surface area contributed by atoms with Gasteiger partial charge < -0.3 is 4.74 Å². The summed E-state index contributed by atoms with van der Waals surface area (Å²) in [5.74, 6) is 2.01. The molecule has 0 saturated heterocycles. The zero-order chi connectivity index (χ0) is 15.3. The number of benzene rings is 1. The fraction of sp³-hybridized carbons (Fsp3) is 0.550. The third-order valence-corrected chi connectivity index (χ3v) is 6.44. The molecule has 0 spiro atoms. The molecule has 22 heavy (non-hydrogen) atoms. The molecule has 116 valence electrons. The molecule has 2 atom stereocenters. The molecule has 0 amide bonds. The van der Waals surface area contributed by atoms with Crippen LogP contribution in [0.15, 0.2) is 23.8 Å². The second kappa shape index (κ2) is 4.97. The lowest BCUT2D eigenvalue weighted by Crippen LogP contribution is -2.36. The molecular weight excluding hydrogens is 272 g/mol. The maximum Gasteiger partial charge on any atom is 0.139 e. The number of ketones is 1. The lowest BCUT2D eigenvalue weighted by Gasteiger charge is -2.42. The summed E-state index contributed by atoms with van der Waals surface area (Å²) in [6, 6.07) is 6.51. The molecule has 2 nitrogen and oxygen atoms in total. The summed E-state index contributed by atoms with van der Waals surface area (Å²) in [6.07, 6.45) is 7.25. The van der Waals surface area contributed by atoms with Crippen molar-refractivity contribution in [2.24, 2.45) is 11.3 Å². The number of methoxy groups -OCH3 is 1. The molecule has 2 unspecified atom stereocenters. The number of carbonyl (C=O) groups is 1. The largest absolute Gasteiger partial charge is 0.497 e. The Balaban J connectivity index is 1.81. The smallest absolute Gasteiger partial charge is 0.139 e. The van der Waals surface area contributed by atoms with Crippen LogP contribution in [0.5, 0.6) is 5.75 Å². The minimum Gasteiger partial charge on any atom is -0.497 e. The monoisotopic (exact) mass is 296 g/mol. The molecule has 0 aliphatic heterocycles. The van der Waals surface area contributed by atoms with Crippen LogP contribution in [0.25, 0.3) is 5.57 Å². The zero-order valence-electron chi connectivity index (χ0n) is 13.6. The van der Waals surface area contributed by atoms with Gasteiger partial charge in [-0.05, 0) is 73.3 Å². The van der Waals surface area contributed by atoms with Gasteiger partial charge in [-0.2, -0.15) is 0 Å². The first-order valence-corrected chi connectivity index (χ1v) is 8.62. The number of allylic oxidation sites excluding steroid dienone is 2. The molecule has 0 radical (unpaired) electrons. The molecular formula is C20H24O2. The minimum atomic E-state index is -0.0250. The topological polar surface area (TPSA) is 26.3 Å². The van der Waals surface area contributed by atoms with Gasteiger partial charge in [0.2, 0.25) is 0 Å². The van der Waals surface area contributed by atoms with E-state index in [1.54, 1.807) is 18.3 Å². The van der Waals surface area contributed by atoms with Crippen LogP contribution >= 0.6 is 0 Å². The Hall–Kier alpha value is -1.57. The lowest BCUT2D eigenvalue weighted by atomic mass is 9.61. The molecule has 0 bridgehead atoms. The Morgan fingerprint density at radius 3 is 2.86 bits per heavy atom. The number of hydrogen-bond donors (Lipinski definition) is 0. The van der Waals surface area contributed by atoms with Crippen LogP contribution in [0.2, 0.25) is 0 Å². The van der Waals surface area contributed by atoms with Gasteiger partial charge in [-0.3, -0.25) is 4.79 Å². The average Bonchev–Trinajstić information content (AvgIpc) is 2.91. The number of carbonyl (C=O) groups excluding carboxylic acids is 1. The maximum atomic E-state index is 12.5. The van der Waals surface area contributed by atoms with E-state index >= 15 is 0 Å². The molecule has 1 aromatic carbocycles. The van der Waals surface area contributed by atoms with Gasteiger partial charge in [-0.25, -0.2) is 0 Å². The van der Waals surface area contributed by atoms with Crippen molar-refractivity contribution in [1.82, 2.24) is 0 Å². The fourth-order valence-electron chi connectivity index (χ4n) is 5.26. The van der Waals surface area contributed by atoms with E-state index in [4.69, 9.17) is 4.74 Å². The fourth-order valence-corrected chi connectivity index (χ4v) is 5.26. The van der Waals surface area contributed by atoms with E-state index in [-0.39, 0.29) is 5.41 Å². The highest BCUT2D eigenvalue weighted by atomic mass is 16.5. The van der Waals surface area contributed by atoms with Crippen molar-refractivity contribution in [3.8, 4) is 5.75 Å². The highest BCUT2D eigenvalue weighted by Crippen LogP contribution is 2.58. The minimum absolute atomic E-state index is 0.0250. The summed E-state index contributed by atoms with van der Waals surface area (Å²) in [7, 11) is 1.73. The number of aryl methyl sites for hydroxylation is 1. The Bertz CT molecular complexity index is 670. The van der Waals surface area contributed by atoms with Gasteiger partial charge in [-0.15, -0.1) is 0 Å². The van der Waals surface area contributed by atoms with Crippen LogP contribution in [0.3, 0.4) is 0 Å². The standard InChI is InChI=1S/C20H24O2/c1-3-20-11-10-16-15-7-5-14(22-2)12-13(15)4-6-17(16)18(20)8-9-19(20)21/h5,7,12,18H,3-4,6,8-11H2,1-2H3. The Morgan fingerprint density at radius 2 is 2.09 bits per heavy atom. The van der Waals surface area contributed by atoms with Gasteiger partial charge in [0.05, 0.1) is 7.11 Å². The second-order valence-corrected chi connectivity index (χ2v) is 7.05. The van der Waals surface area contributed by atoms with Crippen molar-refractivity contribution in [3.05, 3.63) is 34.9 Å². The van der Waals surface area contributed by atoms with E-state index in [1.807, 2.05) is 0 Å². The first kappa shape index (κ1) is 14.0. The summed E-state index contributed by atoms with van der Waals surface area (Å²) >= 11 is 0. The highest BCUT2D eigenvalue weighted by Gasteiger charge is 2.52. The predicted octanol–water partition coefficient (Wildman–Crippen LogP) is 4.56. The number of hydrogen-bond acceptors (Lipinski definition) is 2. The van der Waals surface area contributed by atoms with Crippen molar-refractivity contribution in [2.45, 2.75) is 51.9 Å². The molecule has 3 aliphatic carbocycles. The third-order valence-electron chi connectivity index (χ3n) is 6.44. The zero-order valence-corrected chi connectivity index (χ0v) is 13.6. The molecule has 4 rings (SSSR count). The molecule has 1 saturated carbocycles. The van der Waals surface area contributed by atoms with Crippen LogP contribution in [0.4, 0.5) is 0 Å². The number of Topliss-reactive ketones (excluding diaryl/α,β-unsaturated/α-hetero) is 1. The third kappa shape index (κ3) is 1.76. The van der Waals surface area contributed by atoms with Gasteiger partial charge in [0.25, 0.3) is 0 Å². The summed E-state index contributed by atoms with van der Waals surface area (Å²) < 4.78 is 5.37. The summed E-state index contributed by atoms with van der Waals surface area (Å²) in [4.78, 5) is 12.5. The SMILES string of the molecule is CCC12CCC3=C(CCc4cc(OC)ccc43)C1CCC2=O. The molecule has 2 heteroatoms. The Labute approximate surface area is 132 Å². The number of fused-ring (bicyclic) bond motifs is 4. The van der Waals surface area contributed by atoms with E-state index in [2.05, 4.69) is 25.1 Å². The Kier molecular flexibility index (Phi) is 3.18. The van der Waals surface area contributed by atoms with Gasteiger partial charge in [0, 0.05) is 11.8 Å². The van der Waals surface area contributed by atoms with E-state index in [0.717, 1.165) is 50.7 Å². The normalized spacial score (nSPS) is 29.9. The molecule has 0 heterocycles. The van der Waals surface area contributed by atoms with Gasteiger partial charge >= 0.3 is 0 Å². The van der Waals surface area contributed by atoms with Crippen LogP contribution in [-0.4, -0.2) is 12.9 Å². The van der Waals surface area contributed by atoms with Crippen LogP contribution < -0.4 is 4.74 Å². The van der Waals surface area contributed by atoms with E-state index in [9.17, 15) is 4.79 Å². The van der Waals surface area contributed by atoms with Gasteiger partial charge in [0.15, 0.2) is 0 Å². The highest BCUT2D eigenvalue weighted by molar-refractivity contribution is 5.90. The second-order valence-electron chi connectivity index (χ2n) is 7.05. The van der Waals surface area contributed by atoms with Crippen LogP contribution in [-0.2, 0) is 11.2 Å². The summed E-state index contributed by atoms with van der Waals surface area (Å²) in [6.45, 7) is 2.21. The number of ether oxygens (including phenoxy) is 1. The van der Waals surface area contributed by atoms with Crippen molar-refractivity contribution < 1.29 is 9.53 Å². The van der Waals surface area contributed by atoms with Gasteiger partial charge in [0.1, 0.15) is 11.5 Å². The number of rotatable bonds is 2. The summed E-state index contributed by atoms with van der Waals surface area (Å²) in [5, 5.41) is 0. The van der Waals surface area contributed by atoms with E-state index in [0.29, 0.717) is 11.7 Å². The van der Waals surface area contributed by atoms with Crippen molar-refractivity contribution in [1.29, 1.82) is 0 Å². The van der Waals surface area contributed by atoms with Crippen LogP contribution in [0, 0.1) is 11.3 Å². The summed E-state index contributed by atoms with van der Waals surface area (Å²) in [5.41, 5.74) is 5.98. The Morgan fingerprint density at radius 1 is 1.23 bits per heavy atom. The molecule has 1 fully saturated rings.